The van der Waals surface area contributed by atoms with E-state index in [2.05, 4.69) is 10.2 Å². The van der Waals surface area contributed by atoms with Crippen LogP contribution in [0.2, 0.25) is 0 Å². The molecular formula is C18H28N2O3. The SMILES string of the molecule is COc1cccc(COC(C)C(=O)NCCN2CCCCC2)c1. The zero-order valence-electron chi connectivity index (χ0n) is 14.2. The topological polar surface area (TPSA) is 50.8 Å². The van der Waals surface area contributed by atoms with Crippen LogP contribution in [0.15, 0.2) is 24.3 Å². The second kappa shape index (κ2) is 9.53. The highest BCUT2D eigenvalue weighted by Crippen LogP contribution is 2.14. The molecule has 0 bridgehead atoms. The number of ether oxygens (including phenoxy) is 2. The molecule has 128 valence electrons. The molecule has 1 saturated heterocycles. The highest BCUT2D eigenvalue weighted by atomic mass is 16.5. The van der Waals surface area contributed by atoms with Gasteiger partial charge in [-0.2, -0.15) is 0 Å². The van der Waals surface area contributed by atoms with Crippen molar-refractivity contribution in [3.63, 3.8) is 0 Å². The molecule has 0 spiro atoms. The lowest BCUT2D eigenvalue weighted by Crippen LogP contribution is -2.41. The lowest BCUT2D eigenvalue weighted by Gasteiger charge is -2.26. The van der Waals surface area contributed by atoms with E-state index >= 15 is 0 Å². The van der Waals surface area contributed by atoms with Crippen LogP contribution in [0.3, 0.4) is 0 Å². The number of amides is 1. The third kappa shape index (κ3) is 6.20. The summed E-state index contributed by atoms with van der Waals surface area (Å²) in [4.78, 5) is 14.5. The van der Waals surface area contributed by atoms with Gasteiger partial charge in [0.15, 0.2) is 0 Å². The summed E-state index contributed by atoms with van der Waals surface area (Å²) in [6.07, 6.45) is 3.42. The van der Waals surface area contributed by atoms with Crippen LogP contribution < -0.4 is 10.1 Å². The third-order valence-corrected chi connectivity index (χ3v) is 4.18. The highest BCUT2D eigenvalue weighted by Gasteiger charge is 2.14. The van der Waals surface area contributed by atoms with E-state index < -0.39 is 6.10 Å². The van der Waals surface area contributed by atoms with E-state index in [4.69, 9.17) is 9.47 Å². The number of nitrogens with zero attached hydrogens (tertiary/aromatic N) is 1. The number of hydrogen-bond donors (Lipinski definition) is 1. The lowest BCUT2D eigenvalue weighted by molar-refractivity contribution is -0.132. The number of rotatable bonds is 8. The Morgan fingerprint density at radius 2 is 2.09 bits per heavy atom. The molecule has 1 fully saturated rings. The number of carbonyl (C=O) groups is 1. The number of likely N-dealkylation sites (tertiary alicyclic amines) is 1. The summed E-state index contributed by atoms with van der Waals surface area (Å²) in [7, 11) is 1.64. The number of nitrogens with one attached hydrogen (secondary N) is 1. The smallest absolute Gasteiger partial charge is 0.248 e. The van der Waals surface area contributed by atoms with Crippen LogP contribution >= 0.6 is 0 Å². The molecule has 1 aliphatic heterocycles. The molecule has 0 aliphatic carbocycles. The van der Waals surface area contributed by atoms with Gasteiger partial charge in [0.2, 0.25) is 5.91 Å². The number of carbonyl (C=O) groups excluding carboxylic acids is 1. The van der Waals surface area contributed by atoms with Gasteiger partial charge in [-0.1, -0.05) is 18.6 Å². The Morgan fingerprint density at radius 3 is 2.83 bits per heavy atom. The second-order valence-electron chi connectivity index (χ2n) is 6.00. The van der Waals surface area contributed by atoms with E-state index in [0.29, 0.717) is 13.2 Å². The molecule has 1 aromatic rings. The van der Waals surface area contributed by atoms with Crippen LogP contribution in [0, 0.1) is 0 Å². The molecule has 5 nitrogen and oxygen atoms in total. The molecule has 0 radical (unpaired) electrons. The van der Waals surface area contributed by atoms with Crippen molar-refractivity contribution < 1.29 is 14.3 Å². The van der Waals surface area contributed by atoms with E-state index in [0.717, 1.165) is 30.9 Å². The van der Waals surface area contributed by atoms with E-state index in [-0.39, 0.29) is 5.91 Å². The van der Waals surface area contributed by atoms with E-state index in [1.54, 1.807) is 14.0 Å². The average Bonchev–Trinajstić information content (AvgIpc) is 2.60. The molecular weight excluding hydrogens is 292 g/mol. The summed E-state index contributed by atoms with van der Waals surface area (Å²) in [6.45, 7) is 6.10. The minimum absolute atomic E-state index is 0.0510. The van der Waals surface area contributed by atoms with Gasteiger partial charge >= 0.3 is 0 Å². The van der Waals surface area contributed by atoms with Gasteiger partial charge in [-0.3, -0.25) is 4.79 Å². The average molecular weight is 320 g/mol. The molecule has 1 heterocycles. The fraction of sp³-hybridized carbons (Fsp3) is 0.611. The largest absolute Gasteiger partial charge is 0.497 e. The predicted octanol–water partition coefficient (Wildman–Crippen LogP) is 2.20. The van der Waals surface area contributed by atoms with Crippen molar-refractivity contribution in [1.29, 1.82) is 0 Å². The van der Waals surface area contributed by atoms with Crippen LogP contribution in [0.25, 0.3) is 0 Å². The number of hydrogen-bond acceptors (Lipinski definition) is 4. The summed E-state index contributed by atoms with van der Waals surface area (Å²) in [5.41, 5.74) is 0.998. The van der Waals surface area contributed by atoms with Crippen molar-refractivity contribution in [2.24, 2.45) is 0 Å². The zero-order chi connectivity index (χ0) is 16.5. The molecule has 0 saturated carbocycles. The summed E-state index contributed by atoms with van der Waals surface area (Å²) in [5.74, 6) is 0.745. The van der Waals surface area contributed by atoms with Crippen molar-refractivity contribution in [2.75, 3.05) is 33.3 Å². The summed E-state index contributed by atoms with van der Waals surface area (Å²) < 4.78 is 10.8. The minimum atomic E-state index is -0.456. The van der Waals surface area contributed by atoms with Gasteiger partial charge in [0, 0.05) is 13.1 Å². The standard InChI is InChI=1S/C18H28N2O3/c1-15(23-14-16-7-6-8-17(13-16)22-2)18(21)19-9-12-20-10-4-3-5-11-20/h6-8,13,15H,3-5,9-12,14H2,1-2H3,(H,19,21). The van der Waals surface area contributed by atoms with E-state index in [1.165, 1.54) is 19.3 Å². The molecule has 1 atom stereocenters. The Bertz CT molecular complexity index is 487. The molecule has 1 N–H and O–H groups in total. The van der Waals surface area contributed by atoms with Crippen molar-refractivity contribution in [1.82, 2.24) is 10.2 Å². The van der Waals surface area contributed by atoms with Gasteiger partial charge in [0.05, 0.1) is 13.7 Å². The Labute approximate surface area is 139 Å². The molecule has 1 amide bonds. The van der Waals surface area contributed by atoms with Crippen LogP contribution in [0.4, 0.5) is 0 Å². The molecule has 1 aliphatic rings. The predicted molar refractivity (Wildman–Crippen MR) is 90.5 cm³/mol. The van der Waals surface area contributed by atoms with Gasteiger partial charge in [-0.15, -0.1) is 0 Å². The highest BCUT2D eigenvalue weighted by molar-refractivity contribution is 5.80. The van der Waals surface area contributed by atoms with Gasteiger partial charge in [0.25, 0.3) is 0 Å². The maximum absolute atomic E-state index is 12.0. The first kappa shape index (κ1) is 17.8. The maximum atomic E-state index is 12.0. The Hall–Kier alpha value is -1.59. The molecule has 5 heteroatoms. The first-order valence-corrected chi connectivity index (χ1v) is 8.43. The van der Waals surface area contributed by atoms with E-state index in [1.807, 2.05) is 24.3 Å². The van der Waals surface area contributed by atoms with Crippen molar-refractivity contribution in [2.45, 2.75) is 38.9 Å². The normalized spacial score (nSPS) is 16.8. The van der Waals surface area contributed by atoms with Gasteiger partial charge in [-0.05, 0) is 50.6 Å². The zero-order valence-corrected chi connectivity index (χ0v) is 14.2. The van der Waals surface area contributed by atoms with Crippen molar-refractivity contribution >= 4 is 5.91 Å². The second-order valence-corrected chi connectivity index (χ2v) is 6.00. The van der Waals surface area contributed by atoms with Gasteiger partial charge in [0.1, 0.15) is 11.9 Å². The first-order chi connectivity index (χ1) is 11.2. The van der Waals surface area contributed by atoms with Crippen LogP contribution in [-0.4, -0.2) is 50.2 Å². The monoisotopic (exact) mass is 320 g/mol. The lowest BCUT2D eigenvalue weighted by atomic mass is 10.1. The molecule has 0 aromatic heterocycles. The summed E-state index contributed by atoms with van der Waals surface area (Å²) >= 11 is 0. The summed E-state index contributed by atoms with van der Waals surface area (Å²) in [5, 5.41) is 2.96. The molecule has 2 rings (SSSR count). The summed E-state index contributed by atoms with van der Waals surface area (Å²) in [6, 6.07) is 7.69. The first-order valence-electron chi connectivity index (χ1n) is 8.43. The Balaban J connectivity index is 1.65. The van der Waals surface area contributed by atoms with Crippen LogP contribution in [0.5, 0.6) is 5.75 Å². The van der Waals surface area contributed by atoms with Crippen molar-refractivity contribution in [3.8, 4) is 5.75 Å². The number of piperidine rings is 1. The quantitative estimate of drug-likeness (QED) is 0.798. The molecule has 23 heavy (non-hydrogen) atoms. The van der Waals surface area contributed by atoms with Gasteiger partial charge < -0.3 is 19.7 Å². The van der Waals surface area contributed by atoms with Crippen LogP contribution in [0.1, 0.15) is 31.7 Å². The third-order valence-electron chi connectivity index (χ3n) is 4.18. The van der Waals surface area contributed by atoms with Crippen LogP contribution in [-0.2, 0) is 16.1 Å². The molecule has 1 aromatic carbocycles. The van der Waals surface area contributed by atoms with Crippen molar-refractivity contribution in [3.05, 3.63) is 29.8 Å². The Kier molecular flexibility index (Phi) is 7.36. The van der Waals surface area contributed by atoms with E-state index in [9.17, 15) is 4.79 Å². The van der Waals surface area contributed by atoms with Gasteiger partial charge in [-0.25, -0.2) is 0 Å². The fourth-order valence-electron chi connectivity index (χ4n) is 2.72. The minimum Gasteiger partial charge on any atom is -0.497 e. The molecule has 1 unspecified atom stereocenters. The Morgan fingerprint density at radius 1 is 1.30 bits per heavy atom. The number of methoxy groups -OCH3 is 1. The number of benzene rings is 1. The maximum Gasteiger partial charge on any atom is 0.248 e. The fourth-order valence-corrected chi connectivity index (χ4v) is 2.72.